The summed E-state index contributed by atoms with van der Waals surface area (Å²) in [6, 6.07) is 0. The zero-order valence-electron chi connectivity index (χ0n) is 7.26. The van der Waals surface area contributed by atoms with Gasteiger partial charge in [0.2, 0.25) is 0 Å². The lowest BCUT2D eigenvalue weighted by Crippen LogP contribution is -2.12. The molecule has 0 radical (unpaired) electrons. The van der Waals surface area contributed by atoms with E-state index in [1.807, 2.05) is 19.0 Å². The predicted octanol–water partition coefficient (Wildman–Crippen LogP) is 1.99. The third-order valence-electron chi connectivity index (χ3n) is 1.34. The molecule has 0 spiro atoms. The minimum atomic E-state index is 0.598. The second kappa shape index (κ2) is 4.20. The first-order valence-electron chi connectivity index (χ1n) is 3.58. The van der Waals surface area contributed by atoms with E-state index in [-0.39, 0.29) is 0 Å². The molecule has 0 unspecified atom stereocenters. The van der Waals surface area contributed by atoms with Crippen LogP contribution in [0.3, 0.4) is 0 Å². The quantitative estimate of drug-likeness (QED) is 0.611. The Balaban J connectivity index is 3.86. The summed E-state index contributed by atoms with van der Waals surface area (Å²) in [6.45, 7) is 4.26. The highest BCUT2D eigenvalue weighted by molar-refractivity contribution is 4.94. The molecular weight excluding hydrogens is 126 g/mol. The van der Waals surface area contributed by atoms with Crippen LogP contribution >= 0.6 is 0 Å². The van der Waals surface area contributed by atoms with Crippen LogP contribution < -0.4 is 0 Å². The SMILES string of the molecule is CC(C)CC(=CO)N(C)C. The monoisotopic (exact) mass is 143 g/mol. The molecule has 0 aromatic rings. The molecule has 0 aliphatic carbocycles. The Morgan fingerprint density at radius 2 is 2.00 bits per heavy atom. The van der Waals surface area contributed by atoms with Crippen LogP contribution in [0, 0.1) is 5.92 Å². The number of allylic oxidation sites excluding steroid dienone is 1. The average molecular weight is 143 g/mol. The van der Waals surface area contributed by atoms with Gasteiger partial charge < -0.3 is 10.0 Å². The van der Waals surface area contributed by atoms with Crippen LogP contribution in [-0.2, 0) is 0 Å². The summed E-state index contributed by atoms with van der Waals surface area (Å²) in [6.07, 6.45) is 2.11. The maximum absolute atomic E-state index is 8.74. The summed E-state index contributed by atoms with van der Waals surface area (Å²) in [7, 11) is 3.87. The molecule has 0 rings (SSSR count). The van der Waals surface area contributed by atoms with Crippen molar-refractivity contribution in [3.05, 3.63) is 12.0 Å². The van der Waals surface area contributed by atoms with Crippen LogP contribution in [0.1, 0.15) is 20.3 Å². The molecule has 2 heteroatoms. The van der Waals surface area contributed by atoms with Crippen LogP contribution in [-0.4, -0.2) is 24.1 Å². The molecule has 1 N–H and O–H groups in total. The van der Waals surface area contributed by atoms with Crippen molar-refractivity contribution in [1.82, 2.24) is 4.90 Å². The molecule has 0 bridgehead atoms. The third-order valence-corrected chi connectivity index (χ3v) is 1.34. The second-order valence-electron chi connectivity index (χ2n) is 3.11. The van der Waals surface area contributed by atoms with Gasteiger partial charge in [0.1, 0.15) is 0 Å². The summed E-state index contributed by atoms with van der Waals surface area (Å²) < 4.78 is 0. The van der Waals surface area contributed by atoms with E-state index in [4.69, 9.17) is 5.11 Å². The van der Waals surface area contributed by atoms with Gasteiger partial charge >= 0.3 is 0 Å². The second-order valence-corrected chi connectivity index (χ2v) is 3.11. The van der Waals surface area contributed by atoms with Gasteiger partial charge in [0, 0.05) is 19.8 Å². The van der Waals surface area contributed by atoms with Gasteiger partial charge in [-0.05, 0) is 12.3 Å². The topological polar surface area (TPSA) is 23.5 Å². The van der Waals surface area contributed by atoms with Crippen molar-refractivity contribution in [2.75, 3.05) is 14.1 Å². The average Bonchev–Trinajstić information content (AvgIpc) is 1.81. The minimum absolute atomic E-state index is 0.598. The molecule has 0 amide bonds. The van der Waals surface area contributed by atoms with Gasteiger partial charge in [0.25, 0.3) is 0 Å². The Hall–Kier alpha value is -0.660. The maximum atomic E-state index is 8.74. The van der Waals surface area contributed by atoms with Gasteiger partial charge in [0.15, 0.2) is 0 Å². The number of aliphatic hydroxyl groups is 1. The van der Waals surface area contributed by atoms with Gasteiger partial charge in [-0.1, -0.05) is 13.8 Å². The van der Waals surface area contributed by atoms with E-state index >= 15 is 0 Å². The summed E-state index contributed by atoms with van der Waals surface area (Å²) in [5, 5.41) is 8.74. The van der Waals surface area contributed by atoms with E-state index in [0.717, 1.165) is 12.1 Å². The van der Waals surface area contributed by atoms with E-state index in [2.05, 4.69) is 13.8 Å². The summed E-state index contributed by atoms with van der Waals surface area (Å²) in [4.78, 5) is 1.93. The van der Waals surface area contributed by atoms with Crippen LogP contribution in [0.25, 0.3) is 0 Å². The first-order chi connectivity index (χ1) is 4.57. The number of aliphatic hydroxyl groups excluding tert-OH is 1. The zero-order chi connectivity index (χ0) is 8.15. The van der Waals surface area contributed by atoms with Gasteiger partial charge in [-0.25, -0.2) is 0 Å². The van der Waals surface area contributed by atoms with Crippen molar-refractivity contribution in [3.63, 3.8) is 0 Å². The predicted molar refractivity (Wildman–Crippen MR) is 43.9 cm³/mol. The molecule has 0 aliphatic heterocycles. The highest BCUT2D eigenvalue weighted by atomic mass is 16.2. The minimum Gasteiger partial charge on any atom is -0.514 e. The maximum Gasteiger partial charge on any atom is 0.0982 e. The third kappa shape index (κ3) is 3.38. The lowest BCUT2D eigenvalue weighted by atomic mass is 10.1. The largest absolute Gasteiger partial charge is 0.514 e. The molecule has 0 heterocycles. The molecule has 0 atom stereocenters. The van der Waals surface area contributed by atoms with Crippen molar-refractivity contribution in [1.29, 1.82) is 0 Å². The molecule has 2 nitrogen and oxygen atoms in total. The smallest absolute Gasteiger partial charge is 0.0982 e. The van der Waals surface area contributed by atoms with Gasteiger partial charge in [-0.15, -0.1) is 0 Å². The highest BCUT2D eigenvalue weighted by Crippen LogP contribution is 2.11. The van der Waals surface area contributed by atoms with Crippen LogP contribution in [0.2, 0.25) is 0 Å². The fraction of sp³-hybridized carbons (Fsp3) is 0.750. The van der Waals surface area contributed by atoms with Crippen molar-refractivity contribution in [2.24, 2.45) is 5.92 Å². The van der Waals surface area contributed by atoms with Gasteiger partial charge in [-0.2, -0.15) is 0 Å². The normalized spacial score (nSPS) is 12.3. The van der Waals surface area contributed by atoms with Crippen LogP contribution in [0.4, 0.5) is 0 Å². The Kier molecular flexibility index (Phi) is 3.93. The Morgan fingerprint density at radius 1 is 1.50 bits per heavy atom. The van der Waals surface area contributed by atoms with Gasteiger partial charge in [0.05, 0.1) is 6.26 Å². The lowest BCUT2D eigenvalue weighted by molar-refractivity contribution is 0.392. The molecule has 10 heavy (non-hydrogen) atoms. The molecular formula is C8H17NO. The fourth-order valence-corrected chi connectivity index (χ4v) is 0.769. The van der Waals surface area contributed by atoms with Crippen molar-refractivity contribution >= 4 is 0 Å². The molecule has 0 saturated heterocycles. The molecule has 0 aliphatic rings. The lowest BCUT2D eigenvalue weighted by Gasteiger charge is -2.17. The Bertz CT molecular complexity index is 116. The standard InChI is InChI=1S/C8H17NO/c1-7(2)5-8(6-10)9(3)4/h6-7,10H,5H2,1-4H3. The first-order valence-corrected chi connectivity index (χ1v) is 3.58. The van der Waals surface area contributed by atoms with Crippen LogP contribution in [0.5, 0.6) is 0 Å². The summed E-state index contributed by atoms with van der Waals surface area (Å²) in [5.41, 5.74) is 0.981. The highest BCUT2D eigenvalue weighted by Gasteiger charge is 2.01. The summed E-state index contributed by atoms with van der Waals surface area (Å²) >= 11 is 0. The fourth-order valence-electron chi connectivity index (χ4n) is 0.769. The van der Waals surface area contributed by atoms with E-state index in [9.17, 15) is 0 Å². The zero-order valence-corrected chi connectivity index (χ0v) is 7.26. The number of nitrogens with zero attached hydrogens (tertiary/aromatic N) is 1. The van der Waals surface area contributed by atoms with Crippen molar-refractivity contribution in [2.45, 2.75) is 20.3 Å². The van der Waals surface area contributed by atoms with Crippen LogP contribution in [0.15, 0.2) is 12.0 Å². The number of rotatable bonds is 3. The first kappa shape index (κ1) is 9.34. The summed E-state index contributed by atoms with van der Waals surface area (Å²) in [5.74, 6) is 0.598. The van der Waals surface area contributed by atoms with E-state index in [0.29, 0.717) is 5.92 Å². The Labute approximate surface area is 63.2 Å². The Morgan fingerprint density at radius 3 is 2.10 bits per heavy atom. The molecule has 0 aromatic carbocycles. The molecule has 60 valence electrons. The number of hydrogen-bond donors (Lipinski definition) is 1. The van der Waals surface area contributed by atoms with Crippen molar-refractivity contribution < 1.29 is 5.11 Å². The molecule has 0 saturated carbocycles. The van der Waals surface area contributed by atoms with Crippen molar-refractivity contribution in [3.8, 4) is 0 Å². The van der Waals surface area contributed by atoms with E-state index in [1.54, 1.807) is 0 Å². The van der Waals surface area contributed by atoms with Gasteiger partial charge in [-0.3, -0.25) is 0 Å². The number of hydrogen-bond acceptors (Lipinski definition) is 2. The molecule has 0 fully saturated rings. The van der Waals surface area contributed by atoms with E-state index in [1.165, 1.54) is 6.26 Å². The van der Waals surface area contributed by atoms with E-state index < -0.39 is 0 Å². The molecule has 0 aromatic heterocycles.